The molecule has 0 aromatic heterocycles. The molecule has 2 nitrogen and oxygen atoms in total. The van der Waals surface area contributed by atoms with Crippen molar-refractivity contribution in [1.29, 1.82) is 0 Å². The number of aryl methyl sites for hydroxylation is 1. The Morgan fingerprint density at radius 2 is 2.05 bits per heavy atom. The first-order valence-corrected chi connectivity index (χ1v) is 8.79. The van der Waals surface area contributed by atoms with Crippen LogP contribution in [-0.2, 0) is 6.54 Å². The quantitative estimate of drug-likeness (QED) is 0.775. The molecule has 1 heterocycles. The molecule has 118 valence electrons. The van der Waals surface area contributed by atoms with Crippen molar-refractivity contribution in [2.75, 3.05) is 24.5 Å². The second-order valence-electron chi connectivity index (χ2n) is 6.48. The van der Waals surface area contributed by atoms with Gasteiger partial charge in [-0.2, -0.15) is 0 Å². The Morgan fingerprint density at radius 1 is 1.19 bits per heavy atom. The lowest BCUT2D eigenvalue weighted by Gasteiger charge is -2.24. The molecule has 1 aromatic carbocycles. The zero-order valence-corrected chi connectivity index (χ0v) is 14.1. The van der Waals surface area contributed by atoms with Crippen LogP contribution in [0.3, 0.4) is 0 Å². The normalized spacial score (nSPS) is 19.6. The van der Waals surface area contributed by atoms with Crippen molar-refractivity contribution in [3.8, 4) is 0 Å². The maximum Gasteiger partial charge on any atom is 0.0369 e. The van der Waals surface area contributed by atoms with Crippen molar-refractivity contribution in [2.24, 2.45) is 5.92 Å². The minimum Gasteiger partial charge on any atom is -0.372 e. The van der Waals surface area contributed by atoms with Gasteiger partial charge in [0.2, 0.25) is 0 Å². The van der Waals surface area contributed by atoms with Crippen LogP contribution in [-0.4, -0.2) is 19.6 Å². The molecule has 2 rings (SSSR count). The predicted octanol–water partition coefficient (Wildman–Crippen LogP) is 4.51. The monoisotopic (exact) mass is 288 g/mol. The van der Waals surface area contributed by atoms with Crippen LogP contribution in [0.15, 0.2) is 18.2 Å². The van der Waals surface area contributed by atoms with E-state index in [0.717, 1.165) is 19.0 Å². The Morgan fingerprint density at radius 3 is 2.76 bits per heavy atom. The van der Waals surface area contributed by atoms with Crippen molar-refractivity contribution in [2.45, 2.75) is 59.4 Å². The van der Waals surface area contributed by atoms with Gasteiger partial charge >= 0.3 is 0 Å². The maximum atomic E-state index is 3.50. The summed E-state index contributed by atoms with van der Waals surface area (Å²) in [6.07, 6.45) is 6.65. The average molecular weight is 288 g/mol. The average Bonchev–Trinajstić information content (AvgIpc) is 2.74. The van der Waals surface area contributed by atoms with E-state index in [1.807, 2.05) is 0 Å². The van der Waals surface area contributed by atoms with E-state index in [1.165, 1.54) is 62.0 Å². The first-order chi connectivity index (χ1) is 10.2. The van der Waals surface area contributed by atoms with Crippen molar-refractivity contribution in [1.82, 2.24) is 5.32 Å². The summed E-state index contributed by atoms with van der Waals surface area (Å²) < 4.78 is 0. The maximum absolute atomic E-state index is 3.50. The van der Waals surface area contributed by atoms with Crippen LogP contribution in [0.4, 0.5) is 5.69 Å². The van der Waals surface area contributed by atoms with E-state index >= 15 is 0 Å². The Kier molecular flexibility index (Phi) is 6.56. The zero-order valence-electron chi connectivity index (χ0n) is 14.1. The van der Waals surface area contributed by atoms with E-state index in [9.17, 15) is 0 Å². The fraction of sp³-hybridized carbons (Fsp3) is 0.684. The molecular formula is C19H32N2. The van der Waals surface area contributed by atoms with Crippen molar-refractivity contribution in [3.63, 3.8) is 0 Å². The summed E-state index contributed by atoms with van der Waals surface area (Å²) in [5.41, 5.74) is 4.28. The van der Waals surface area contributed by atoms with E-state index in [0.29, 0.717) is 0 Å². The van der Waals surface area contributed by atoms with Gasteiger partial charge in [0.1, 0.15) is 0 Å². The van der Waals surface area contributed by atoms with Crippen LogP contribution < -0.4 is 10.2 Å². The Labute approximate surface area is 130 Å². The predicted molar refractivity (Wildman–Crippen MR) is 93.0 cm³/mol. The highest BCUT2D eigenvalue weighted by Crippen LogP contribution is 2.26. The van der Waals surface area contributed by atoms with Gasteiger partial charge in [-0.25, -0.2) is 0 Å². The SMILES string of the molecule is CCCNCc1ccc(N2CCCC(CC)CC2)cc1C. The van der Waals surface area contributed by atoms with Crippen LogP contribution in [0.5, 0.6) is 0 Å². The van der Waals surface area contributed by atoms with Crippen molar-refractivity contribution >= 4 is 5.69 Å². The van der Waals surface area contributed by atoms with Gasteiger partial charge < -0.3 is 10.2 Å². The third-order valence-electron chi connectivity index (χ3n) is 4.86. The van der Waals surface area contributed by atoms with Crippen LogP contribution in [0.1, 0.15) is 57.1 Å². The van der Waals surface area contributed by atoms with E-state index in [1.54, 1.807) is 0 Å². The van der Waals surface area contributed by atoms with Gasteiger partial charge in [-0.1, -0.05) is 26.3 Å². The largest absolute Gasteiger partial charge is 0.372 e. The molecule has 1 N–H and O–H groups in total. The molecular weight excluding hydrogens is 256 g/mol. The number of nitrogens with one attached hydrogen (secondary N) is 1. The smallest absolute Gasteiger partial charge is 0.0369 e. The van der Waals surface area contributed by atoms with Crippen LogP contribution in [0.2, 0.25) is 0 Å². The summed E-state index contributed by atoms with van der Waals surface area (Å²) in [6.45, 7) is 11.4. The summed E-state index contributed by atoms with van der Waals surface area (Å²) in [7, 11) is 0. The first kappa shape index (κ1) is 16.4. The molecule has 0 amide bonds. The second kappa shape index (κ2) is 8.43. The Hall–Kier alpha value is -1.02. The molecule has 21 heavy (non-hydrogen) atoms. The molecule has 1 atom stereocenters. The summed E-state index contributed by atoms with van der Waals surface area (Å²) in [6, 6.07) is 7.02. The number of anilines is 1. The number of nitrogens with zero attached hydrogens (tertiary/aromatic N) is 1. The lowest BCUT2D eigenvalue weighted by atomic mass is 9.98. The molecule has 0 saturated carbocycles. The van der Waals surface area contributed by atoms with Crippen molar-refractivity contribution < 1.29 is 0 Å². The number of benzene rings is 1. The van der Waals surface area contributed by atoms with Crippen LogP contribution >= 0.6 is 0 Å². The number of hydrogen-bond donors (Lipinski definition) is 1. The molecule has 1 fully saturated rings. The Bertz CT molecular complexity index is 428. The van der Waals surface area contributed by atoms with Crippen LogP contribution in [0, 0.1) is 12.8 Å². The zero-order chi connectivity index (χ0) is 15.1. The highest BCUT2D eigenvalue weighted by Gasteiger charge is 2.16. The first-order valence-electron chi connectivity index (χ1n) is 8.79. The van der Waals surface area contributed by atoms with Gasteiger partial charge in [0.05, 0.1) is 0 Å². The van der Waals surface area contributed by atoms with Crippen LogP contribution in [0.25, 0.3) is 0 Å². The fourth-order valence-electron chi connectivity index (χ4n) is 3.31. The fourth-order valence-corrected chi connectivity index (χ4v) is 3.31. The van der Waals surface area contributed by atoms with Gasteiger partial charge in [-0.05, 0) is 68.3 Å². The highest BCUT2D eigenvalue weighted by molar-refractivity contribution is 5.51. The van der Waals surface area contributed by atoms with E-state index in [2.05, 4.69) is 49.2 Å². The third-order valence-corrected chi connectivity index (χ3v) is 4.86. The third kappa shape index (κ3) is 4.74. The van der Waals surface area contributed by atoms with Gasteiger partial charge in [-0.3, -0.25) is 0 Å². The number of rotatable bonds is 6. The molecule has 1 unspecified atom stereocenters. The van der Waals surface area contributed by atoms with Gasteiger partial charge in [0, 0.05) is 25.3 Å². The summed E-state index contributed by atoms with van der Waals surface area (Å²) >= 11 is 0. The van der Waals surface area contributed by atoms with E-state index in [4.69, 9.17) is 0 Å². The molecule has 2 heteroatoms. The standard InChI is InChI=1S/C19H32N2/c1-4-11-20-15-18-8-9-19(14-16(18)3)21-12-6-7-17(5-2)10-13-21/h8-9,14,17,20H,4-7,10-13,15H2,1-3H3. The van der Waals surface area contributed by atoms with Gasteiger partial charge in [0.15, 0.2) is 0 Å². The van der Waals surface area contributed by atoms with E-state index in [-0.39, 0.29) is 0 Å². The van der Waals surface area contributed by atoms with Gasteiger partial charge in [-0.15, -0.1) is 0 Å². The highest BCUT2D eigenvalue weighted by atomic mass is 15.1. The number of hydrogen-bond acceptors (Lipinski definition) is 2. The second-order valence-corrected chi connectivity index (χ2v) is 6.48. The molecule has 1 saturated heterocycles. The molecule has 0 bridgehead atoms. The topological polar surface area (TPSA) is 15.3 Å². The summed E-state index contributed by atoms with van der Waals surface area (Å²) in [5, 5.41) is 3.50. The molecule has 0 aliphatic carbocycles. The Balaban J connectivity index is 1.98. The molecule has 1 aromatic rings. The van der Waals surface area contributed by atoms with Gasteiger partial charge in [0.25, 0.3) is 0 Å². The molecule has 1 aliphatic rings. The lowest BCUT2D eigenvalue weighted by Crippen LogP contribution is -2.24. The minimum atomic E-state index is 0.939. The summed E-state index contributed by atoms with van der Waals surface area (Å²) in [5.74, 6) is 0.939. The molecule has 1 aliphatic heterocycles. The van der Waals surface area contributed by atoms with Crippen molar-refractivity contribution in [3.05, 3.63) is 29.3 Å². The lowest BCUT2D eigenvalue weighted by molar-refractivity contribution is 0.459. The molecule has 0 spiro atoms. The van der Waals surface area contributed by atoms with E-state index < -0.39 is 0 Å². The molecule has 0 radical (unpaired) electrons. The summed E-state index contributed by atoms with van der Waals surface area (Å²) in [4.78, 5) is 2.59. The minimum absolute atomic E-state index is 0.939.